The van der Waals surface area contributed by atoms with Crippen molar-refractivity contribution >= 4 is 6.08 Å². The van der Waals surface area contributed by atoms with Gasteiger partial charge in [-0.25, -0.2) is 0 Å². The summed E-state index contributed by atoms with van der Waals surface area (Å²) in [7, 11) is 0. The van der Waals surface area contributed by atoms with Crippen molar-refractivity contribution in [1.29, 1.82) is 0 Å². The van der Waals surface area contributed by atoms with E-state index in [0.29, 0.717) is 11.8 Å². The topological polar surface area (TPSA) is 0 Å². The average molecular weight is 314 g/mol. The molecule has 0 saturated heterocycles. The van der Waals surface area contributed by atoms with Crippen molar-refractivity contribution in [2.45, 2.75) is 46.5 Å². The van der Waals surface area contributed by atoms with Gasteiger partial charge in [-0.1, -0.05) is 68.5 Å². The van der Waals surface area contributed by atoms with Crippen LogP contribution in [-0.4, -0.2) is 0 Å². The average Bonchev–Trinajstić information content (AvgIpc) is 2.92. The van der Waals surface area contributed by atoms with Crippen LogP contribution in [0.3, 0.4) is 0 Å². The number of rotatable bonds is 4. The summed E-state index contributed by atoms with van der Waals surface area (Å²) in [6.45, 7) is 9.14. The van der Waals surface area contributed by atoms with E-state index in [4.69, 9.17) is 6.42 Å². The molecule has 0 heteroatoms. The number of allylic oxidation sites excluding steroid dienone is 1. The van der Waals surface area contributed by atoms with Crippen molar-refractivity contribution in [3.05, 3.63) is 64.2 Å². The van der Waals surface area contributed by atoms with Crippen LogP contribution in [0.15, 0.2) is 42.0 Å². The summed E-state index contributed by atoms with van der Waals surface area (Å²) >= 11 is 0. The van der Waals surface area contributed by atoms with E-state index in [1.165, 1.54) is 46.2 Å². The second-order valence-electron chi connectivity index (χ2n) is 6.93. The van der Waals surface area contributed by atoms with Gasteiger partial charge in [-0.05, 0) is 59.7 Å². The first-order valence-electron chi connectivity index (χ1n) is 8.99. The Morgan fingerprint density at radius 3 is 2.50 bits per heavy atom. The predicted octanol–water partition coefficient (Wildman–Crippen LogP) is 6.58. The van der Waals surface area contributed by atoms with Gasteiger partial charge >= 0.3 is 0 Å². The van der Waals surface area contributed by atoms with E-state index in [2.05, 4.69) is 70.0 Å². The van der Waals surface area contributed by atoms with E-state index in [1.807, 2.05) is 6.07 Å². The molecule has 0 spiro atoms. The smallest absolute Gasteiger partial charge is 0.0248 e. The predicted molar refractivity (Wildman–Crippen MR) is 105 cm³/mol. The standard InChI is InChI=1S/C24H26/c1-6-18-10-9-11-20(15-18)22-16(4)12-13-21-14-17(5)23(24(21)22)19(7-2)8-3/h1,9-15,19,23H,7-8H2,2-5H3. The van der Waals surface area contributed by atoms with E-state index in [-0.39, 0.29) is 0 Å². The first kappa shape index (κ1) is 16.6. The monoisotopic (exact) mass is 314 g/mol. The van der Waals surface area contributed by atoms with Gasteiger partial charge in [-0.2, -0.15) is 0 Å². The highest BCUT2D eigenvalue weighted by Crippen LogP contribution is 2.48. The highest BCUT2D eigenvalue weighted by molar-refractivity contribution is 5.81. The number of terminal acetylenes is 1. The Bertz CT molecular complexity index is 826. The van der Waals surface area contributed by atoms with Crippen LogP contribution in [0.25, 0.3) is 17.2 Å². The van der Waals surface area contributed by atoms with Gasteiger partial charge in [0, 0.05) is 11.5 Å². The Hall–Kier alpha value is -2.26. The van der Waals surface area contributed by atoms with Crippen LogP contribution in [0.1, 0.15) is 61.8 Å². The molecule has 0 fully saturated rings. The van der Waals surface area contributed by atoms with Crippen LogP contribution in [0.5, 0.6) is 0 Å². The Morgan fingerprint density at radius 2 is 1.83 bits per heavy atom. The molecule has 0 bridgehead atoms. The van der Waals surface area contributed by atoms with Crippen molar-refractivity contribution in [1.82, 2.24) is 0 Å². The van der Waals surface area contributed by atoms with Gasteiger partial charge in [0.2, 0.25) is 0 Å². The number of aryl methyl sites for hydroxylation is 1. The van der Waals surface area contributed by atoms with E-state index >= 15 is 0 Å². The lowest BCUT2D eigenvalue weighted by atomic mass is 9.77. The zero-order chi connectivity index (χ0) is 17.3. The third-order valence-electron chi connectivity index (χ3n) is 5.51. The maximum atomic E-state index is 5.63. The lowest BCUT2D eigenvalue weighted by Gasteiger charge is -2.27. The number of benzene rings is 2. The molecule has 0 amide bonds. The van der Waals surface area contributed by atoms with Crippen molar-refractivity contribution in [3.8, 4) is 23.5 Å². The highest BCUT2D eigenvalue weighted by atomic mass is 14.3. The van der Waals surface area contributed by atoms with Gasteiger partial charge in [0.05, 0.1) is 0 Å². The minimum atomic E-state index is 0.527. The van der Waals surface area contributed by atoms with Crippen LogP contribution in [-0.2, 0) is 0 Å². The SMILES string of the molecule is C#Cc1cccc(-c2c(C)ccc3c2C(C(CC)CC)C(C)=C3)c1. The number of hydrogen-bond donors (Lipinski definition) is 0. The van der Waals surface area contributed by atoms with Gasteiger partial charge in [0.15, 0.2) is 0 Å². The maximum Gasteiger partial charge on any atom is 0.0248 e. The molecule has 122 valence electrons. The second-order valence-corrected chi connectivity index (χ2v) is 6.93. The largest absolute Gasteiger partial charge is 0.115 e. The minimum absolute atomic E-state index is 0.527. The summed E-state index contributed by atoms with van der Waals surface area (Å²) < 4.78 is 0. The van der Waals surface area contributed by atoms with Crippen molar-refractivity contribution in [3.63, 3.8) is 0 Å². The Kier molecular flexibility index (Phi) is 4.63. The molecule has 0 radical (unpaired) electrons. The molecule has 1 atom stereocenters. The van der Waals surface area contributed by atoms with Crippen LogP contribution < -0.4 is 0 Å². The van der Waals surface area contributed by atoms with Gasteiger partial charge in [0.1, 0.15) is 0 Å². The van der Waals surface area contributed by atoms with Gasteiger partial charge in [-0.3, -0.25) is 0 Å². The first-order valence-corrected chi connectivity index (χ1v) is 8.99. The third kappa shape index (κ3) is 2.69. The van der Waals surface area contributed by atoms with E-state index < -0.39 is 0 Å². The molecule has 3 rings (SSSR count). The molecule has 0 nitrogen and oxygen atoms in total. The van der Waals surface area contributed by atoms with Crippen molar-refractivity contribution in [2.24, 2.45) is 5.92 Å². The van der Waals surface area contributed by atoms with Crippen LogP contribution in [0.4, 0.5) is 0 Å². The van der Waals surface area contributed by atoms with E-state index in [1.54, 1.807) is 0 Å². The fourth-order valence-electron chi connectivity index (χ4n) is 4.28. The molecule has 2 aromatic carbocycles. The van der Waals surface area contributed by atoms with Gasteiger partial charge < -0.3 is 0 Å². The first-order chi connectivity index (χ1) is 11.6. The molecule has 0 heterocycles. The summed E-state index contributed by atoms with van der Waals surface area (Å²) in [4.78, 5) is 0. The summed E-state index contributed by atoms with van der Waals surface area (Å²) in [6.07, 6.45) is 10.4. The van der Waals surface area contributed by atoms with Crippen LogP contribution >= 0.6 is 0 Å². The summed E-state index contributed by atoms with van der Waals surface area (Å²) in [5.41, 5.74) is 9.31. The van der Waals surface area contributed by atoms with Crippen molar-refractivity contribution in [2.75, 3.05) is 0 Å². The molecular formula is C24H26. The molecule has 1 aliphatic carbocycles. The zero-order valence-corrected chi connectivity index (χ0v) is 15.2. The molecule has 1 aliphatic rings. The Morgan fingerprint density at radius 1 is 1.08 bits per heavy atom. The van der Waals surface area contributed by atoms with Crippen molar-refractivity contribution < 1.29 is 0 Å². The summed E-state index contributed by atoms with van der Waals surface area (Å²) in [6, 6.07) is 13.0. The summed E-state index contributed by atoms with van der Waals surface area (Å²) in [5, 5.41) is 0. The molecular weight excluding hydrogens is 288 g/mol. The second kappa shape index (κ2) is 6.70. The lowest BCUT2D eigenvalue weighted by molar-refractivity contribution is 0.438. The minimum Gasteiger partial charge on any atom is -0.115 e. The highest BCUT2D eigenvalue weighted by Gasteiger charge is 2.31. The van der Waals surface area contributed by atoms with Crippen LogP contribution in [0, 0.1) is 25.2 Å². The van der Waals surface area contributed by atoms with E-state index in [0.717, 1.165) is 5.56 Å². The third-order valence-corrected chi connectivity index (χ3v) is 5.51. The number of hydrogen-bond acceptors (Lipinski definition) is 0. The van der Waals surface area contributed by atoms with Gasteiger partial charge in [-0.15, -0.1) is 6.42 Å². The van der Waals surface area contributed by atoms with Gasteiger partial charge in [0.25, 0.3) is 0 Å². The lowest BCUT2D eigenvalue weighted by Crippen LogP contribution is -2.12. The van der Waals surface area contributed by atoms with E-state index in [9.17, 15) is 0 Å². The summed E-state index contributed by atoms with van der Waals surface area (Å²) in [5.74, 6) is 4.00. The Balaban J connectivity index is 2.24. The molecule has 24 heavy (non-hydrogen) atoms. The fourth-order valence-corrected chi connectivity index (χ4v) is 4.28. The Labute approximate surface area is 146 Å². The van der Waals surface area contributed by atoms with Crippen LogP contribution in [0.2, 0.25) is 0 Å². The zero-order valence-electron chi connectivity index (χ0n) is 15.2. The fraction of sp³-hybridized carbons (Fsp3) is 0.333. The number of fused-ring (bicyclic) bond motifs is 1. The maximum absolute atomic E-state index is 5.63. The molecule has 0 saturated carbocycles. The molecule has 0 aliphatic heterocycles. The molecule has 0 N–H and O–H groups in total. The normalized spacial score (nSPS) is 16.0. The molecule has 0 aromatic heterocycles. The quantitative estimate of drug-likeness (QED) is 0.559. The molecule has 2 aromatic rings. The molecule has 1 unspecified atom stereocenters.